The number of aryl methyl sites for hydroxylation is 1. The molecule has 0 unspecified atom stereocenters. The second-order valence-corrected chi connectivity index (χ2v) is 4.86. The maximum Gasteiger partial charge on any atom is 0.174 e. The summed E-state index contributed by atoms with van der Waals surface area (Å²) in [5.74, 6) is 0.963. The molecular formula is C13H15BrN2O. The van der Waals surface area contributed by atoms with Crippen molar-refractivity contribution >= 4 is 15.9 Å². The number of nitrogens with one attached hydrogen (secondary N) is 1. The summed E-state index contributed by atoms with van der Waals surface area (Å²) in [6.45, 7) is 6.23. The highest BCUT2D eigenvalue weighted by Gasteiger charge is 2.13. The van der Waals surface area contributed by atoms with Crippen LogP contribution >= 0.6 is 15.9 Å². The topological polar surface area (TPSA) is 37.9 Å². The van der Waals surface area contributed by atoms with Crippen molar-refractivity contribution in [1.82, 2.24) is 9.97 Å². The van der Waals surface area contributed by atoms with Crippen LogP contribution < -0.4 is 4.74 Å². The zero-order valence-corrected chi connectivity index (χ0v) is 12.0. The first-order valence-electron chi connectivity index (χ1n) is 5.40. The van der Waals surface area contributed by atoms with Gasteiger partial charge in [-0.05, 0) is 59.5 Å². The molecule has 0 aliphatic rings. The summed E-state index contributed by atoms with van der Waals surface area (Å²) in [4.78, 5) is 7.36. The molecule has 1 heterocycles. The molecule has 0 fully saturated rings. The van der Waals surface area contributed by atoms with Gasteiger partial charge < -0.3 is 9.72 Å². The SMILES string of the molecule is COc1c(C)cc(-c2cnc(Br)[nH]2)c(C)c1C. The van der Waals surface area contributed by atoms with Crippen molar-refractivity contribution in [3.63, 3.8) is 0 Å². The number of ether oxygens (including phenoxy) is 1. The Morgan fingerprint density at radius 1 is 1.24 bits per heavy atom. The first-order valence-corrected chi connectivity index (χ1v) is 6.19. The molecule has 0 saturated heterocycles. The third kappa shape index (κ3) is 2.09. The average molecular weight is 295 g/mol. The molecule has 0 spiro atoms. The van der Waals surface area contributed by atoms with Gasteiger partial charge in [0, 0.05) is 5.56 Å². The van der Waals surface area contributed by atoms with E-state index in [0.717, 1.165) is 21.7 Å². The lowest BCUT2D eigenvalue weighted by Crippen LogP contribution is -1.96. The van der Waals surface area contributed by atoms with Gasteiger partial charge in [-0.3, -0.25) is 0 Å². The molecule has 0 radical (unpaired) electrons. The van der Waals surface area contributed by atoms with Crippen molar-refractivity contribution in [1.29, 1.82) is 0 Å². The lowest BCUT2D eigenvalue weighted by atomic mass is 9.97. The van der Waals surface area contributed by atoms with Crippen LogP contribution in [0.15, 0.2) is 17.0 Å². The highest BCUT2D eigenvalue weighted by atomic mass is 79.9. The summed E-state index contributed by atoms with van der Waals surface area (Å²) in [5.41, 5.74) is 5.70. The molecule has 0 amide bonds. The molecule has 3 nitrogen and oxygen atoms in total. The molecule has 2 rings (SSSR count). The van der Waals surface area contributed by atoms with Gasteiger partial charge in [-0.15, -0.1) is 0 Å². The molecular weight excluding hydrogens is 280 g/mol. The van der Waals surface area contributed by atoms with Crippen LogP contribution in [0.1, 0.15) is 16.7 Å². The highest BCUT2D eigenvalue weighted by molar-refractivity contribution is 9.10. The van der Waals surface area contributed by atoms with Crippen LogP contribution in [-0.4, -0.2) is 17.1 Å². The number of halogens is 1. The molecule has 17 heavy (non-hydrogen) atoms. The van der Waals surface area contributed by atoms with E-state index in [2.05, 4.69) is 52.7 Å². The van der Waals surface area contributed by atoms with Crippen LogP contribution in [0.4, 0.5) is 0 Å². The number of benzene rings is 1. The summed E-state index contributed by atoms with van der Waals surface area (Å²) >= 11 is 3.33. The minimum Gasteiger partial charge on any atom is -0.496 e. The van der Waals surface area contributed by atoms with E-state index in [1.807, 2.05) is 6.20 Å². The predicted octanol–water partition coefficient (Wildman–Crippen LogP) is 3.77. The van der Waals surface area contributed by atoms with E-state index >= 15 is 0 Å². The number of rotatable bonds is 2. The van der Waals surface area contributed by atoms with Crippen molar-refractivity contribution in [3.8, 4) is 17.0 Å². The smallest absolute Gasteiger partial charge is 0.174 e. The van der Waals surface area contributed by atoms with E-state index in [1.54, 1.807) is 7.11 Å². The first kappa shape index (κ1) is 12.2. The summed E-state index contributed by atoms with van der Waals surface area (Å²) in [7, 11) is 1.71. The van der Waals surface area contributed by atoms with E-state index in [4.69, 9.17) is 4.74 Å². The largest absolute Gasteiger partial charge is 0.496 e. The quantitative estimate of drug-likeness (QED) is 0.915. The summed E-state index contributed by atoms with van der Waals surface area (Å²) in [5, 5.41) is 0. The Bertz CT molecular complexity index is 561. The van der Waals surface area contributed by atoms with Crippen molar-refractivity contribution in [2.45, 2.75) is 20.8 Å². The number of H-pyrrole nitrogens is 1. The van der Waals surface area contributed by atoms with Crippen LogP contribution in [0.25, 0.3) is 11.3 Å². The highest BCUT2D eigenvalue weighted by Crippen LogP contribution is 2.33. The molecule has 0 saturated carbocycles. The van der Waals surface area contributed by atoms with Gasteiger partial charge in [-0.25, -0.2) is 4.98 Å². The zero-order chi connectivity index (χ0) is 12.6. The fourth-order valence-corrected chi connectivity index (χ4v) is 2.40. The van der Waals surface area contributed by atoms with E-state index in [9.17, 15) is 0 Å². The number of methoxy groups -OCH3 is 1. The van der Waals surface area contributed by atoms with Crippen LogP contribution in [0.3, 0.4) is 0 Å². The van der Waals surface area contributed by atoms with E-state index in [1.165, 1.54) is 16.7 Å². The number of hydrogen-bond donors (Lipinski definition) is 1. The van der Waals surface area contributed by atoms with Gasteiger partial charge in [0.2, 0.25) is 0 Å². The van der Waals surface area contributed by atoms with Crippen molar-refractivity contribution < 1.29 is 4.74 Å². The van der Waals surface area contributed by atoms with E-state index in [-0.39, 0.29) is 0 Å². The fourth-order valence-electron chi connectivity index (χ4n) is 2.09. The second kappa shape index (κ2) is 4.53. The van der Waals surface area contributed by atoms with Gasteiger partial charge >= 0.3 is 0 Å². The Balaban J connectivity index is 2.64. The van der Waals surface area contributed by atoms with Gasteiger partial charge in [0.15, 0.2) is 4.73 Å². The molecule has 1 N–H and O–H groups in total. The maximum atomic E-state index is 5.42. The standard InChI is InChI=1S/C13H15BrN2O/c1-7-5-10(11-6-15-13(14)16-11)8(2)9(3)12(7)17-4/h5-6H,1-4H3,(H,15,16). The lowest BCUT2D eigenvalue weighted by Gasteiger charge is -2.14. The Hall–Kier alpha value is -1.29. The van der Waals surface area contributed by atoms with Gasteiger partial charge in [0.1, 0.15) is 5.75 Å². The third-order valence-electron chi connectivity index (χ3n) is 3.07. The second-order valence-electron chi connectivity index (χ2n) is 4.11. The van der Waals surface area contributed by atoms with Gasteiger partial charge in [-0.1, -0.05) is 0 Å². The lowest BCUT2D eigenvalue weighted by molar-refractivity contribution is 0.408. The normalized spacial score (nSPS) is 10.6. The molecule has 0 bridgehead atoms. The van der Waals surface area contributed by atoms with Crippen LogP contribution in [0.2, 0.25) is 0 Å². The average Bonchev–Trinajstić information content (AvgIpc) is 2.71. The van der Waals surface area contributed by atoms with Crippen LogP contribution in [0, 0.1) is 20.8 Å². The van der Waals surface area contributed by atoms with Gasteiger partial charge in [0.25, 0.3) is 0 Å². The number of aromatic nitrogens is 2. The first-order chi connectivity index (χ1) is 8.04. The summed E-state index contributed by atoms with van der Waals surface area (Å²) in [6, 6.07) is 2.13. The fraction of sp³-hybridized carbons (Fsp3) is 0.308. The molecule has 2 aromatic rings. The summed E-state index contributed by atoms with van der Waals surface area (Å²) in [6.07, 6.45) is 1.83. The Morgan fingerprint density at radius 3 is 2.47 bits per heavy atom. The Labute approximate surface area is 109 Å². The number of imidazole rings is 1. The Kier molecular flexibility index (Phi) is 3.24. The van der Waals surface area contributed by atoms with Gasteiger partial charge in [-0.2, -0.15) is 0 Å². The molecule has 1 aromatic heterocycles. The molecule has 90 valence electrons. The predicted molar refractivity (Wildman–Crippen MR) is 72.5 cm³/mol. The van der Waals surface area contributed by atoms with Crippen molar-refractivity contribution in [2.24, 2.45) is 0 Å². The minimum absolute atomic E-state index is 0.748. The maximum absolute atomic E-state index is 5.42. The third-order valence-corrected chi connectivity index (χ3v) is 3.47. The minimum atomic E-state index is 0.748. The molecule has 0 aliphatic carbocycles. The van der Waals surface area contributed by atoms with E-state index in [0.29, 0.717) is 0 Å². The van der Waals surface area contributed by atoms with Crippen LogP contribution in [-0.2, 0) is 0 Å². The monoisotopic (exact) mass is 294 g/mol. The molecule has 4 heteroatoms. The molecule has 1 aromatic carbocycles. The van der Waals surface area contributed by atoms with E-state index < -0.39 is 0 Å². The Morgan fingerprint density at radius 2 is 1.94 bits per heavy atom. The van der Waals surface area contributed by atoms with Crippen molar-refractivity contribution in [3.05, 3.63) is 33.7 Å². The molecule has 0 atom stereocenters. The summed E-state index contributed by atoms with van der Waals surface area (Å²) < 4.78 is 6.17. The van der Waals surface area contributed by atoms with Gasteiger partial charge in [0.05, 0.1) is 19.0 Å². The molecule has 0 aliphatic heterocycles. The number of nitrogens with zero attached hydrogens (tertiary/aromatic N) is 1. The number of aromatic amines is 1. The zero-order valence-electron chi connectivity index (χ0n) is 10.4. The van der Waals surface area contributed by atoms with Crippen molar-refractivity contribution in [2.75, 3.05) is 7.11 Å². The van der Waals surface area contributed by atoms with Crippen LogP contribution in [0.5, 0.6) is 5.75 Å². The number of hydrogen-bond acceptors (Lipinski definition) is 2.